The van der Waals surface area contributed by atoms with Crippen LogP contribution in [0.15, 0.2) is 43.0 Å². The molecule has 0 spiro atoms. The maximum atomic E-state index is 11.0. The lowest BCUT2D eigenvalue weighted by atomic mass is 9.87. The highest BCUT2D eigenvalue weighted by Crippen LogP contribution is 2.53. The Morgan fingerprint density at radius 3 is 2.67 bits per heavy atom. The monoisotopic (exact) mass is 328 g/mol. The lowest BCUT2D eigenvalue weighted by Gasteiger charge is -2.25. The Bertz CT molecular complexity index is 795. The number of fused-ring (bicyclic) bond motifs is 1. The van der Waals surface area contributed by atoms with Crippen molar-refractivity contribution < 1.29 is 24.8 Å². The highest BCUT2D eigenvalue weighted by Gasteiger charge is 2.46. The van der Waals surface area contributed by atoms with Crippen molar-refractivity contribution in [1.29, 1.82) is 0 Å². The van der Waals surface area contributed by atoms with Gasteiger partial charge in [-0.1, -0.05) is 12.1 Å². The predicted octanol–water partition coefficient (Wildman–Crippen LogP) is 3.18. The summed E-state index contributed by atoms with van der Waals surface area (Å²) in [7, 11) is 1.45. The van der Waals surface area contributed by atoms with Crippen molar-refractivity contribution in [2.75, 3.05) is 7.11 Å². The molecule has 24 heavy (non-hydrogen) atoms. The minimum Gasteiger partial charge on any atom is -0.504 e. The van der Waals surface area contributed by atoms with Crippen LogP contribution in [0.4, 0.5) is 0 Å². The molecule has 5 heteroatoms. The molecular weight excluding hydrogens is 308 g/mol. The Labute approximate surface area is 140 Å². The lowest BCUT2D eigenvalue weighted by Crippen LogP contribution is -2.27. The van der Waals surface area contributed by atoms with Crippen LogP contribution in [-0.4, -0.2) is 22.4 Å². The van der Waals surface area contributed by atoms with E-state index in [1.165, 1.54) is 13.2 Å². The number of allylic oxidation sites excluding steroid dienone is 1. The Hall–Kier alpha value is -2.66. The fourth-order valence-corrected chi connectivity index (χ4v) is 3.08. The first-order valence-electron chi connectivity index (χ1n) is 7.61. The molecule has 3 N–H and O–H groups in total. The maximum Gasteiger partial charge on any atom is 0.168 e. The van der Waals surface area contributed by atoms with Crippen molar-refractivity contribution in [2.45, 2.75) is 25.0 Å². The molecule has 0 saturated carbocycles. The van der Waals surface area contributed by atoms with E-state index in [4.69, 9.17) is 9.47 Å². The molecule has 0 aromatic heterocycles. The van der Waals surface area contributed by atoms with E-state index < -0.39 is 11.7 Å². The molecule has 0 radical (unpaired) electrons. The SMILES string of the molecule is C=CCc1cc(O)c2c(c1)C(C)(O)C(c1ccc(O)c(OC)c1)O2. The number of aromatic hydroxyl groups is 2. The van der Waals surface area contributed by atoms with Gasteiger partial charge in [-0.2, -0.15) is 0 Å². The van der Waals surface area contributed by atoms with Crippen LogP contribution in [-0.2, 0) is 12.0 Å². The van der Waals surface area contributed by atoms with Gasteiger partial charge in [-0.25, -0.2) is 0 Å². The molecule has 0 amide bonds. The van der Waals surface area contributed by atoms with Gasteiger partial charge in [0.05, 0.1) is 7.11 Å². The third-order valence-corrected chi connectivity index (χ3v) is 4.31. The first kappa shape index (κ1) is 16.2. The Kier molecular flexibility index (Phi) is 3.89. The number of phenolic OH excluding ortho intramolecular Hbond substituents is 2. The quantitative estimate of drug-likeness (QED) is 0.751. The van der Waals surface area contributed by atoms with Crippen molar-refractivity contribution in [3.05, 3.63) is 59.7 Å². The van der Waals surface area contributed by atoms with Gasteiger partial charge >= 0.3 is 0 Å². The molecule has 0 bridgehead atoms. The molecule has 2 aromatic carbocycles. The van der Waals surface area contributed by atoms with Crippen molar-refractivity contribution in [2.24, 2.45) is 0 Å². The van der Waals surface area contributed by atoms with Gasteiger partial charge in [0.2, 0.25) is 0 Å². The molecule has 3 rings (SSSR count). The van der Waals surface area contributed by atoms with Crippen LogP contribution >= 0.6 is 0 Å². The fraction of sp³-hybridized carbons (Fsp3) is 0.263. The molecule has 2 aromatic rings. The van der Waals surface area contributed by atoms with E-state index in [9.17, 15) is 15.3 Å². The Balaban J connectivity index is 2.07. The molecule has 2 atom stereocenters. The number of methoxy groups -OCH3 is 1. The molecule has 1 heterocycles. The van der Waals surface area contributed by atoms with E-state index in [1.54, 1.807) is 31.2 Å². The first-order chi connectivity index (χ1) is 11.4. The zero-order chi connectivity index (χ0) is 17.5. The number of ether oxygens (including phenoxy) is 2. The first-order valence-corrected chi connectivity index (χ1v) is 7.61. The number of phenols is 2. The fourth-order valence-electron chi connectivity index (χ4n) is 3.08. The van der Waals surface area contributed by atoms with E-state index in [0.29, 0.717) is 23.3 Å². The van der Waals surface area contributed by atoms with Gasteiger partial charge in [-0.05, 0) is 48.7 Å². The van der Waals surface area contributed by atoms with Crippen LogP contribution in [0.1, 0.15) is 29.7 Å². The predicted molar refractivity (Wildman–Crippen MR) is 89.6 cm³/mol. The van der Waals surface area contributed by atoms with Gasteiger partial charge in [-0.3, -0.25) is 0 Å². The largest absolute Gasteiger partial charge is 0.504 e. The summed E-state index contributed by atoms with van der Waals surface area (Å²) < 4.78 is 11.0. The summed E-state index contributed by atoms with van der Waals surface area (Å²) in [6, 6.07) is 8.18. The summed E-state index contributed by atoms with van der Waals surface area (Å²) >= 11 is 0. The molecule has 1 aliphatic heterocycles. The zero-order valence-corrected chi connectivity index (χ0v) is 13.6. The topological polar surface area (TPSA) is 79.2 Å². The maximum absolute atomic E-state index is 11.0. The third-order valence-electron chi connectivity index (χ3n) is 4.31. The van der Waals surface area contributed by atoms with Gasteiger partial charge in [0, 0.05) is 5.56 Å². The lowest BCUT2D eigenvalue weighted by molar-refractivity contribution is -0.0264. The van der Waals surface area contributed by atoms with Crippen LogP contribution in [0.25, 0.3) is 0 Å². The van der Waals surface area contributed by atoms with Crippen molar-refractivity contribution in [1.82, 2.24) is 0 Å². The summed E-state index contributed by atoms with van der Waals surface area (Å²) in [5.74, 6) is 0.551. The standard InChI is InChI=1S/C19H20O5/c1-4-5-11-8-13-17(15(21)9-11)24-18(19(13,2)22)12-6-7-14(20)16(10-12)23-3/h4,6-10,18,20-22H,1,5H2,2-3H3. The summed E-state index contributed by atoms with van der Waals surface area (Å²) in [5, 5.41) is 31.0. The zero-order valence-electron chi connectivity index (χ0n) is 13.6. The smallest absolute Gasteiger partial charge is 0.168 e. The summed E-state index contributed by atoms with van der Waals surface area (Å²) in [5.41, 5.74) is 0.660. The summed E-state index contributed by atoms with van der Waals surface area (Å²) in [6.07, 6.45) is 1.58. The third kappa shape index (κ3) is 2.47. The summed E-state index contributed by atoms with van der Waals surface area (Å²) in [4.78, 5) is 0. The Morgan fingerprint density at radius 2 is 2.00 bits per heavy atom. The van der Waals surface area contributed by atoms with Gasteiger partial charge in [0.1, 0.15) is 5.60 Å². The van der Waals surface area contributed by atoms with Crippen LogP contribution in [0.2, 0.25) is 0 Å². The number of aliphatic hydroxyl groups is 1. The molecular formula is C19H20O5. The second-order valence-electron chi connectivity index (χ2n) is 6.06. The van der Waals surface area contributed by atoms with E-state index in [2.05, 4.69) is 6.58 Å². The molecule has 2 unspecified atom stereocenters. The van der Waals surface area contributed by atoms with Crippen molar-refractivity contribution in [3.8, 4) is 23.0 Å². The number of benzene rings is 2. The minimum absolute atomic E-state index is 0.00696. The summed E-state index contributed by atoms with van der Waals surface area (Å²) in [6.45, 7) is 5.33. The van der Waals surface area contributed by atoms with Crippen molar-refractivity contribution in [3.63, 3.8) is 0 Å². The molecule has 0 aliphatic carbocycles. The van der Waals surface area contributed by atoms with Gasteiger partial charge in [-0.15, -0.1) is 6.58 Å². The van der Waals surface area contributed by atoms with Crippen molar-refractivity contribution >= 4 is 0 Å². The van der Waals surface area contributed by atoms with Gasteiger partial charge < -0.3 is 24.8 Å². The van der Waals surface area contributed by atoms with E-state index in [-0.39, 0.29) is 17.2 Å². The van der Waals surface area contributed by atoms with Gasteiger partial charge in [0.25, 0.3) is 0 Å². The highest BCUT2D eigenvalue weighted by molar-refractivity contribution is 5.56. The molecule has 5 nitrogen and oxygen atoms in total. The van der Waals surface area contributed by atoms with Crippen LogP contribution in [0.5, 0.6) is 23.0 Å². The highest BCUT2D eigenvalue weighted by atomic mass is 16.5. The number of hydrogen-bond acceptors (Lipinski definition) is 5. The normalized spacial score (nSPS) is 21.9. The second-order valence-corrected chi connectivity index (χ2v) is 6.06. The molecule has 0 fully saturated rings. The number of rotatable bonds is 4. The van der Waals surface area contributed by atoms with E-state index in [0.717, 1.165) is 5.56 Å². The number of hydrogen-bond donors (Lipinski definition) is 3. The van der Waals surface area contributed by atoms with Crippen LogP contribution in [0, 0.1) is 0 Å². The average molecular weight is 328 g/mol. The average Bonchev–Trinajstić information content (AvgIpc) is 2.80. The second kappa shape index (κ2) is 5.76. The molecule has 0 saturated heterocycles. The van der Waals surface area contributed by atoms with E-state index in [1.807, 2.05) is 6.07 Å². The Morgan fingerprint density at radius 1 is 1.25 bits per heavy atom. The van der Waals surface area contributed by atoms with Crippen LogP contribution < -0.4 is 9.47 Å². The molecule has 126 valence electrons. The van der Waals surface area contributed by atoms with E-state index >= 15 is 0 Å². The van der Waals surface area contributed by atoms with Crippen LogP contribution in [0.3, 0.4) is 0 Å². The van der Waals surface area contributed by atoms with Gasteiger partial charge in [0.15, 0.2) is 29.1 Å². The minimum atomic E-state index is -1.34. The molecule has 1 aliphatic rings.